The normalized spacial score (nSPS) is 24.3. The van der Waals surface area contributed by atoms with Crippen molar-refractivity contribution in [3.63, 3.8) is 0 Å². The molecule has 0 amide bonds. The maximum absolute atomic E-state index is 5.51. The van der Waals surface area contributed by atoms with Gasteiger partial charge in [-0.3, -0.25) is 0 Å². The van der Waals surface area contributed by atoms with E-state index in [0.717, 1.165) is 18.3 Å². The van der Waals surface area contributed by atoms with Gasteiger partial charge in [-0.25, -0.2) is 0 Å². The lowest BCUT2D eigenvalue weighted by Gasteiger charge is -2.22. The van der Waals surface area contributed by atoms with Crippen LogP contribution in [0.2, 0.25) is 0 Å². The minimum Gasteiger partial charge on any atom is -0.494 e. The number of ether oxygens (including phenoxy) is 1. The molecule has 0 aromatic heterocycles. The first-order chi connectivity index (χ1) is 10.2. The van der Waals surface area contributed by atoms with Gasteiger partial charge in [0.25, 0.3) is 0 Å². The van der Waals surface area contributed by atoms with E-state index in [1.807, 2.05) is 6.92 Å². The number of hydrogen-bond donors (Lipinski definition) is 1. The van der Waals surface area contributed by atoms with E-state index in [2.05, 4.69) is 43.4 Å². The Morgan fingerprint density at radius 1 is 1.10 bits per heavy atom. The van der Waals surface area contributed by atoms with Crippen LogP contribution in [-0.2, 0) is 0 Å². The zero-order chi connectivity index (χ0) is 15.1. The molecule has 0 bridgehead atoms. The van der Waals surface area contributed by atoms with Crippen molar-refractivity contribution >= 4 is 0 Å². The number of benzene rings is 1. The molecular formula is C19H31NO. The Balaban J connectivity index is 1.86. The molecule has 0 heterocycles. The summed E-state index contributed by atoms with van der Waals surface area (Å²) >= 11 is 0. The van der Waals surface area contributed by atoms with Crippen LogP contribution < -0.4 is 10.1 Å². The van der Waals surface area contributed by atoms with Crippen LogP contribution in [0, 0.1) is 5.92 Å². The zero-order valence-electron chi connectivity index (χ0n) is 13.9. The summed E-state index contributed by atoms with van der Waals surface area (Å²) in [6.45, 7) is 7.36. The molecular weight excluding hydrogens is 258 g/mol. The molecule has 1 aliphatic rings. The molecule has 1 N–H and O–H groups in total. The van der Waals surface area contributed by atoms with Crippen molar-refractivity contribution in [2.75, 3.05) is 6.61 Å². The fraction of sp³-hybridized carbons (Fsp3) is 0.684. The first-order valence-electron chi connectivity index (χ1n) is 8.71. The van der Waals surface area contributed by atoms with E-state index in [0.29, 0.717) is 12.1 Å². The Hall–Kier alpha value is -1.02. The number of rotatable bonds is 6. The van der Waals surface area contributed by atoms with E-state index in [1.54, 1.807) is 0 Å². The Kier molecular flexibility index (Phi) is 6.56. The van der Waals surface area contributed by atoms with Gasteiger partial charge in [-0.15, -0.1) is 0 Å². The Morgan fingerprint density at radius 2 is 1.86 bits per heavy atom. The van der Waals surface area contributed by atoms with Gasteiger partial charge in [0.1, 0.15) is 5.75 Å². The predicted molar refractivity (Wildman–Crippen MR) is 89.8 cm³/mol. The first kappa shape index (κ1) is 16.4. The summed E-state index contributed by atoms with van der Waals surface area (Å²) in [6.07, 6.45) is 8.21. The monoisotopic (exact) mass is 289 g/mol. The quantitative estimate of drug-likeness (QED) is 0.736. The highest BCUT2D eigenvalue weighted by molar-refractivity contribution is 5.29. The minimum absolute atomic E-state index is 0.420. The summed E-state index contributed by atoms with van der Waals surface area (Å²) in [5.74, 6) is 1.92. The van der Waals surface area contributed by atoms with Crippen LogP contribution in [0.3, 0.4) is 0 Å². The lowest BCUT2D eigenvalue weighted by atomic mass is 9.97. The van der Waals surface area contributed by atoms with Gasteiger partial charge in [0.05, 0.1) is 6.61 Å². The van der Waals surface area contributed by atoms with Gasteiger partial charge in [-0.05, 0) is 56.7 Å². The molecule has 21 heavy (non-hydrogen) atoms. The van der Waals surface area contributed by atoms with Gasteiger partial charge in [0, 0.05) is 12.1 Å². The maximum Gasteiger partial charge on any atom is 0.119 e. The predicted octanol–water partition coefficient (Wildman–Crippen LogP) is 5.09. The highest BCUT2D eigenvalue weighted by atomic mass is 16.5. The second-order valence-corrected chi connectivity index (χ2v) is 6.37. The van der Waals surface area contributed by atoms with Crippen LogP contribution in [0.1, 0.15) is 70.9 Å². The summed E-state index contributed by atoms with van der Waals surface area (Å²) in [7, 11) is 0. The van der Waals surface area contributed by atoms with Crippen molar-refractivity contribution in [1.82, 2.24) is 5.32 Å². The van der Waals surface area contributed by atoms with Crippen LogP contribution in [0.4, 0.5) is 0 Å². The second kappa shape index (κ2) is 8.43. The standard InChI is InChI=1S/C19H31NO/c1-4-16-7-6-8-18(12-9-16)20-15(3)17-10-13-19(14-11-17)21-5-2/h10-11,13-16,18,20H,4-9,12H2,1-3H3. The summed E-state index contributed by atoms with van der Waals surface area (Å²) < 4.78 is 5.51. The number of hydrogen-bond acceptors (Lipinski definition) is 2. The van der Waals surface area contributed by atoms with E-state index >= 15 is 0 Å². The van der Waals surface area contributed by atoms with E-state index in [4.69, 9.17) is 4.74 Å². The molecule has 118 valence electrons. The fourth-order valence-corrected chi connectivity index (χ4v) is 3.42. The molecule has 2 rings (SSSR count). The van der Waals surface area contributed by atoms with Crippen molar-refractivity contribution in [2.24, 2.45) is 5.92 Å². The molecule has 0 saturated heterocycles. The highest BCUT2D eigenvalue weighted by Gasteiger charge is 2.19. The van der Waals surface area contributed by atoms with Gasteiger partial charge < -0.3 is 10.1 Å². The molecule has 2 heteroatoms. The topological polar surface area (TPSA) is 21.3 Å². The molecule has 0 spiro atoms. The van der Waals surface area contributed by atoms with Gasteiger partial charge in [0.2, 0.25) is 0 Å². The van der Waals surface area contributed by atoms with E-state index in [9.17, 15) is 0 Å². The molecule has 2 nitrogen and oxygen atoms in total. The van der Waals surface area contributed by atoms with Crippen LogP contribution in [0.15, 0.2) is 24.3 Å². The minimum atomic E-state index is 0.420. The van der Waals surface area contributed by atoms with Crippen molar-refractivity contribution in [3.8, 4) is 5.75 Å². The summed E-state index contributed by atoms with van der Waals surface area (Å²) in [4.78, 5) is 0. The summed E-state index contributed by atoms with van der Waals surface area (Å²) in [5, 5.41) is 3.83. The van der Waals surface area contributed by atoms with Gasteiger partial charge >= 0.3 is 0 Å². The molecule has 1 fully saturated rings. The molecule has 1 aromatic rings. The van der Waals surface area contributed by atoms with E-state index < -0.39 is 0 Å². The molecule has 0 radical (unpaired) electrons. The Bertz CT molecular complexity index is 401. The molecule has 1 saturated carbocycles. The Labute approximate surface area is 130 Å². The molecule has 3 unspecified atom stereocenters. The van der Waals surface area contributed by atoms with Crippen LogP contribution >= 0.6 is 0 Å². The molecule has 1 aromatic carbocycles. The largest absolute Gasteiger partial charge is 0.494 e. The average molecular weight is 289 g/mol. The molecule has 3 atom stereocenters. The molecule has 1 aliphatic carbocycles. The summed E-state index contributed by atoms with van der Waals surface area (Å²) in [5.41, 5.74) is 1.36. The zero-order valence-corrected chi connectivity index (χ0v) is 13.9. The average Bonchev–Trinajstić information content (AvgIpc) is 2.73. The molecule has 0 aliphatic heterocycles. The smallest absolute Gasteiger partial charge is 0.119 e. The lowest BCUT2D eigenvalue weighted by Crippen LogP contribution is -2.31. The third-order valence-corrected chi connectivity index (χ3v) is 4.84. The van der Waals surface area contributed by atoms with Gasteiger partial charge in [-0.1, -0.05) is 38.3 Å². The van der Waals surface area contributed by atoms with E-state index in [-0.39, 0.29) is 0 Å². The number of nitrogens with one attached hydrogen (secondary N) is 1. The first-order valence-corrected chi connectivity index (χ1v) is 8.71. The van der Waals surface area contributed by atoms with Crippen LogP contribution in [0.5, 0.6) is 5.75 Å². The van der Waals surface area contributed by atoms with E-state index in [1.165, 1.54) is 44.1 Å². The van der Waals surface area contributed by atoms with Crippen LogP contribution in [0.25, 0.3) is 0 Å². The summed E-state index contributed by atoms with van der Waals surface area (Å²) in [6, 6.07) is 9.64. The van der Waals surface area contributed by atoms with Crippen molar-refractivity contribution in [2.45, 2.75) is 71.4 Å². The maximum atomic E-state index is 5.51. The van der Waals surface area contributed by atoms with Crippen molar-refractivity contribution in [1.29, 1.82) is 0 Å². The third kappa shape index (κ3) is 5.03. The SMILES string of the molecule is CCOc1ccc(C(C)NC2CCCC(CC)CC2)cc1. The fourth-order valence-electron chi connectivity index (χ4n) is 3.42. The highest BCUT2D eigenvalue weighted by Crippen LogP contribution is 2.27. The lowest BCUT2D eigenvalue weighted by molar-refractivity contribution is 0.340. The van der Waals surface area contributed by atoms with Gasteiger partial charge in [0.15, 0.2) is 0 Å². The van der Waals surface area contributed by atoms with Crippen molar-refractivity contribution < 1.29 is 4.74 Å². The van der Waals surface area contributed by atoms with Crippen LogP contribution in [-0.4, -0.2) is 12.6 Å². The third-order valence-electron chi connectivity index (χ3n) is 4.84. The second-order valence-electron chi connectivity index (χ2n) is 6.37. The van der Waals surface area contributed by atoms with Crippen molar-refractivity contribution in [3.05, 3.63) is 29.8 Å². The van der Waals surface area contributed by atoms with Gasteiger partial charge in [-0.2, -0.15) is 0 Å². The Morgan fingerprint density at radius 3 is 2.52 bits per heavy atom.